The topological polar surface area (TPSA) is 46.5 Å². The summed E-state index contributed by atoms with van der Waals surface area (Å²) in [4.78, 5) is 12.1. The van der Waals surface area contributed by atoms with Gasteiger partial charge in [-0.3, -0.25) is 0 Å². The van der Waals surface area contributed by atoms with Gasteiger partial charge in [-0.25, -0.2) is 4.79 Å². The van der Waals surface area contributed by atoms with Crippen LogP contribution >= 0.6 is 0 Å². The molecule has 0 aromatic heterocycles. The van der Waals surface area contributed by atoms with E-state index in [0.717, 1.165) is 32.1 Å². The van der Waals surface area contributed by atoms with Gasteiger partial charge in [0, 0.05) is 5.57 Å². The lowest BCUT2D eigenvalue weighted by Crippen LogP contribution is -2.47. The highest BCUT2D eigenvalue weighted by Crippen LogP contribution is 2.36. The van der Waals surface area contributed by atoms with Gasteiger partial charge in [-0.15, -0.1) is 0 Å². The molecule has 1 saturated heterocycles. The molecule has 2 rings (SSSR count). The van der Waals surface area contributed by atoms with Gasteiger partial charge in [0.25, 0.3) is 0 Å². The van der Waals surface area contributed by atoms with Crippen molar-refractivity contribution in [3.05, 3.63) is 35.5 Å². The van der Waals surface area contributed by atoms with E-state index >= 15 is 0 Å². The molecule has 0 spiro atoms. The predicted molar refractivity (Wildman–Crippen MR) is 93.0 cm³/mol. The molecule has 3 nitrogen and oxygen atoms in total. The Bertz CT molecular complexity index is 525. The smallest absolute Gasteiger partial charge is 0.334 e. The molecule has 0 aromatic carbocycles. The summed E-state index contributed by atoms with van der Waals surface area (Å²) in [6.07, 6.45) is 10.1. The van der Waals surface area contributed by atoms with Crippen LogP contribution < -0.4 is 0 Å². The summed E-state index contributed by atoms with van der Waals surface area (Å²) in [5, 5.41) is 10.8. The molecule has 128 valence electrons. The van der Waals surface area contributed by atoms with Crippen molar-refractivity contribution in [2.24, 2.45) is 5.92 Å². The molecule has 1 heterocycles. The maximum atomic E-state index is 12.1. The van der Waals surface area contributed by atoms with E-state index in [1.54, 1.807) is 6.92 Å². The van der Waals surface area contributed by atoms with E-state index in [1.807, 2.05) is 0 Å². The molecule has 1 N–H and O–H groups in total. The molecule has 0 unspecified atom stereocenters. The van der Waals surface area contributed by atoms with Crippen molar-refractivity contribution in [2.75, 3.05) is 0 Å². The van der Waals surface area contributed by atoms with Crippen LogP contribution in [-0.2, 0) is 9.53 Å². The first kappa shape index (κ1) is 18.0. The van der Waals surface area contributed by atoms with Crippen LogP contribution in [0.25, 0.3) is 0 Å². The minimum atomic E-state index is -0.986. The number of esters is 1. The van der Waals surface area contributed by atoms with E-state index in [4.69, 9.17) is 4.74 Å². The third-order valence-electron chi connectivity index (χ3n) is 5.26. The van der Waals surface area contributed by atoms with Gasteiger partial charge in [0.2, 0.25) is 0 Å². The molecule has 1 aliphatic carbocycles. The molecule has 0 amide bonds. The number of hydrogen-bond donors (Lipinski definition) is 1. The molecule has 3 heteroatoms. The standard InChI is InChI=1S/C20H30O3/c1-14-7-5-8-15(2)10-11-17-13-18(23-19(21)16(17)3)20(4,22)12-6-9-14/h8-9,17-18,22H,3,5-7,10-13H2,1-2,4H3/b14-9+,15-8+/t17-,18+,20-/m1/s1. The zero-order valence-corrected chi connectivity index (χ0v) is 14.7. The summed E-state index contributed by atoms with van der Waals surface area (Å²) in [5.41, 5.74) is 2.30. The largest absolute Gasteiger partial charge is 0.456 e. The van der Waals surface area contributed by atoms with Crippen molar-refractivity contribution in [1.29, 1.82) is 0 Å². The minimum absolute atomic E-state index is 0.108. The maximum absolute atomic E-state index is 12.1. The van der Waals surface area contributed by atoms with Gasteiger partial charge in [-0.1, -0.05) is 29.9 Å². The minimum Gasteiger partial charge on any atom is -0.456 e. The van der Waals surface area contributed by atoms with Crippen LogP contribution in [0.15, 0.2) is 35.5 Å². The van der Waals surface area contributed by atoms with Crippen LogP contribution in [-0.4, -0.2) is 22.8 Å². The number of carbonyl (C=O) groups excluding carboxylic acids is 1. The monoisotopic (exact) mass is 318 g/mol. The highest BCUT2D eigenvalue weighted by molar-refractivity contribution is 5.89. The zero-order valence-electron chi connectivity index (χ0n) is 14.7. The van der Waals surface area contributed by atoms with Crippen molar-refractivity contribution < 1.29 is 14.6 Å². The normalized spacial score (nSPS) is 38.6. The molecule has 3 atom stereocenters. The Morgan fingerprint density at radius 1 is 1.22 bits per heavy atom. The van der Waals surface area contributed by atoms with Gasteiger partial charge >= 0.3 is 5.97 Å². The molecule has 0 aromatic rings. The second-order valence-electron chi connectivity index (χ2n) is 7.43. The van der Waals surface area contributed by atoms with E-state index in [2.05, 4.69) is 32.6 Å². The molecular formula is C20H30O3. The van der Waals surface area contributed by atoms with Crippen LogP contribution in [0, 0.1) is 5.92 Å². The maximum Gasteiger partial charge on any atom is 0.334 e. The number of carbonyl (C=O) groups is 1. The van der Waals surface area contributed by atoms with Gasteiger partial charge in [0.1, 0.15) is 6.10 Å². The lowest BCUT2D eigenvalue weighted by atomic mass is 9.79. The number of ether oxygens (including phenoxy) is 1. The Kier molecular flexibility index (Phi) is 5.85. The van der Waals surface area contributed by atoms with E-state index in [-0.39, 0.29) is 11.9 Å². The summed E-state index contributed by atoms with van der Waals surface area (Å²) in [7, 11) is 0. The highest BCUT2D eigenvalue weighted by Gasteiger charge is 2.41. The van der Waals surface area contributed by atoms with E-state index in [1.165, 1.54) is 11.1 Å². The Labute approximate surface area is 140 Å². The predicted octanol–water partition coefficient (Wildman–Crippen LogP) is 4.47. The molecule has 1 fully saturated rings. The summed E-state index contributed by atoms with van der Waals surface area (Å²) in [6, 6.07) is 0. The Hall–Kier alpha value is -1.35. The molecule has 1 aliphatic heterocycles. The third kappa shape index (κ3) is 4.81. The van der Waals surface area contributed by atoms with Crippen molar-refractivity contribution in [1.82, 2.24) is 0 Å². The number of hydrogen-bond acceptors (Lipinski definition) is 3. The number of fused-ring (bicyclic) bond motifs is 2. The fourth-order valence-corrected chi connectivity index (χ4v) is 3.42. The van der Waals surface area contributed by atoms with E-state index in [0.29, 0.717) is 18.4 Å². The Balaban J connectivity index is 2.21. The first-order chi connectivity index (χ1) is 10.8. The lowest BCUT2D eigenvalue weighted by molar-refractivity contribution is -0.168. The van der Waals surface area contributed by atoms with E-state index < -0.39 is 11.7 Å². The van der Waals surface area contributed by atoms with Crippen molar-refractivity contribution in [2.45, 2.75) is 77.4 Å². The molecule has 2 aliphatic rings. The van der Waals surface area contributed by atoms with Crippen LogP contribution in [0.3, 0.4) is 0 Å². The van der Waals surface area contributed by atoms with Gasteiger partial charge < -0.3 is 9.84 Å². The average molecular weight is 318 g/mol. The van der Waals surface area contributed by atoms with Crippen molar-refractivity contribution >= 4 is 5.97 Å². The van der Waals surface area contributed by atoms with Crippen molar-refractivity contribution in [3.8, 4) is 0 Å². The summed E-state index contributed by atoms with van der Waals surface area (Å²) >= 11 is 0. The van der Waals surface area contributed by atoms with Gasteiger partial charge in [0.15, 0.2) is 0 Å². The Morgan fingerprint density at radius 2 is 1.87 bits per heavy atom. The summed E-state index contributed by atoms with van der Waals surface area (Å²) in [6.45, 7) is 10.0. The number of aliphatic hydroxyl groups is 1. The molecule has 23 heavy (non-hydrogen) atoms. The van der Waals surface area contributed by atoms with E-state index in [9.17, 15) is 9.90 Å². The fraction of sp³-hybridized carbons (Fsp3) is 0.650. The summed E-state index contributed by atoms with van der Waals surface area (Å²) < 4.78 is 5.47. The van der Waals surface area contributed by atoms with Gasteiger partial charge in [-0.05, 0) is 71.6 Å². The average Bonchev–Trinajstić information content (AvgIpc) is 2.47. The first-order valence-corrected chi connectivity index (χ1v) is 8.73. The molecule has 0 radical (unpaired) electrons. The summed E-state index contributed by atoms with van der Waals surface area (Å²) in [5.74, 6) is -0.233. The highest BCUT2D eigenvalue weighted by atomic mass is 16.6. The quantitative estimate of drug-likeness (QED) is 0.407. The third-order valence-corrected chi connectivity index (χ3v) is 5.26. The van der Waals surface area contributed by atoms with Crippen LogP contribution in [0.1, 0.15) is 65.7 Å². The Morgan fingerprint density at radius 3 is 2.61 bits per heavy atom. The van der Waals surface area contributed by atoms with Crippen molar-refractivity contribution in [3.63, 3.8) is 0 Å². The second-order valence-corrected chi connectivity index (χ2v) is 7.43. The number of rotatable bonds is 0. The van der Waals surface area contributed by atoms with Gasteiger partial charge in [0.05, 0.1) is 5.60 Å². The first-order valence-electron chi connectivity index (χ1n) is 8.73. The van der Waals surface area contributed by atoms with Crippen LogP contribution in [0.2, 0.25) is 0 Å². The lowest BCUT2D eigenvalue weighted by Gasteiger charge is -2.38. The zero-order chi connectivity index (χ0) is 17.0. The molecule has 0 saturated carbocycles. The molecule has 2 bridgehead atoms. The van der Waals surface area contributed by atoms with Crippen LogP contribution in [0.5, 0.6) is 0 Å². The van der Waals surface area contributed by atoms with Gasteiger partial charge in [-0.2, -0.15) is 0 Å². The second kappa shape index (κ2) is 7.48. The molecular weight excluding hydrogens is 288 g/mol. The number of allylic oxidation sites excluding steroid dienone is 4. The SMILES string of the molecule is C=C1C(=O)O[C@H]2C[C@H]1CC/C(C)=C/CC/C(C)=C/CC[C@@]2(C)O. The van der Waals surface area contributed by atoms with Crippen LogP contribution in [0.4, 0.5) is 0 Å². The fourth-order valence-electron chi connectivity index (χ4n) is 3.42.